The molecule has 7 nitrogen and oxygen atoms in total. The molecule has 3 heterocycles. The summed E-state index contributed by atoms with van der Waals surface area (Å²) in [4.78, 5) is 28.9. The highest BCUT2D eigenvalue weighted by Gasteiger charge is 2.43. The van der Waals surface area contributed by atoms with E-state index in [1.54, 1.807) is 9.80 Å². The third-order valence-electron chi connectivity index (χ3n) is 5.33. The van der Waals surface area contributed by atoms with Gasteiger partial charge in [0.1, 0.15) is 12.6 Å². The topological polar surface area (TPSA) is 68.3 Å². The lowest BCUT2D eigenvalue weighted by atomic mass is 10.0. The first-order valence-electron chi connectivity index (χ1n) is 9.15. The molecule has 0 radical (unpaired) electrons. The molecule has 1 aromatic carbocycles. The second kappa shape index (κ2) is 7.34. The summed E-state index contributed by atoms with van der Waals surface area (Å²) in [6.07, 6.45) is 1.33. The number of hydrogen-bond donors (Lipinski definition) is 0. The molecule has 4 rings (SSSR count). The summed E-state index contributed by atoms with van der Waals surface area (Å²) in [5.74, 6) is -0.712. The summed E-state index contributed by atoms with van der Waals surface area (Å²) in [6.45, 7) is 3.07. The quantitative estimate of drug-likeness (QED) is 0.797. The van der Waals surface area contributed by atoms with Crippen molar-refractivity contribution in [1.29, 1.82) is 0 Å². The van der Waals surface area contributed by atoms with Crippen LogP contribution in [0.2, 0.25) is 0 Å². The lowest BCUT2D eigenvalue weighted by molar-refractivity contribution is -0.190. The van der Waals surface area contributed by atoms with Crippen LogP contribution in [0, 0.1) is 0 Å². The van der Waals surface area contributed by atoms with Crippen LogP contribution in [0.3, 0.4) is 0 Å². The first kappa shape index (κ1) is 17.5. The first-order valence-corrected chi connectivity index (χ1v) is 9.15. The number of ether oxygens (including phenoxy) is 3. The van der Waals surface area contributed by atoms with Gasteiger partial charge in [0.25, 0.3) is 0 Å². The second-order valence-electron chi connectivity index (χ2n) is 6.97. The minimum Gasteiger partial charge on any atom is -0.369 e. The molecular weight excluding hydrogens is 336 g/mol. The van der Waals surface area contributed by atoms with Gasteiger partial charge in [-0.05, 0) is 5.56 Å². The van der Waals surface area contributed by atoms with Crippen LogP contribution < -0.4 is 0 Å². The van der Waals surface area contributed by atoms with Crippen LogP contribution in [0.5, 0.6) is 0 Å². The van der Waals surface area contributed by atoms with E-state index in [0.29, 0.717) is 45.7 Å². The van der Waals surface area contributed by atoms with Crippen LogP contribution in [0.25, 0.3) is 0 Å². The highest BCUT2D eigenvalue weighted by Crippen LogP contribution is 2.31. The number of nitrogens with zero attached hydrogens (tertiary/aromatic N) is 2. The van der Waals surface area contributed by atoms with E-state index in [-0.39, 0.29) is 25.0 Å². The van der Waals surface area contributed by atoms with Crippen molar-refractivity contribution in [2.24, 2.45) is 0 Å². The molecule has 3 saturated heterocycles. The van der Waals surface area contributed by atoms with E-state index < -0.39 is 11.8 Å². The molecule has 7 heteroatoms. The van der Waals surface area contributed by atoms with Gasteiger partial charge >= 0.3 is 0 Å². The SMILES string of the molecule is O=C([C@H]1COCC(=O)N1Cc1ccccc1)N1CCC2(CC1)OCCO2. The molecule has 0 saturated carbocycles. The number of carbonyl (C=O) groups excluding carboxylic acids is 2. The van der Waals surface area contributed by atoms with Crippen molar-refractivity contribution in [3.8, 4) is 0 Å². The monoisotopic (exact) mass is 360 g/mol. The Morgan fingerprint density at radius 1 is 1.12 bits per heavy atom. The van der Waals surface area contributed by atoms with Gasteiger partial charge in [-0.2, -0.15) is 0 Å². The molecule has 1 spiro atoms. The molecule has 0 unspecified atom stereocenters. The standard InChI is InChI=1S/C19H24N2O5/c22-17-14-24-13-16(21(17)12-15-4-2-1-3-5-15)18(23)20-8-6-19(7-9-20)25-10-11-26-19/h1-5,16H,6-14H2/t16-/m1/s1. The van der Waals surface area contributed by atoms with E-state index in [4.69, 9.17) is 14.2 Å². The summed E-state index contributed by atoms with van der Waals surface area (Å²) in [5, 5.41) is 0. The Labute approximate surface area is 152 Å². The molecule has 3 aliphatic rings. The van der Waals surface area contributed by atoms with Gasteiger partial charge in [-0.1, -0.05) is 30.3 Å². The maximum absolute atomic E-state index is 13.1. The molecule has 3 fully saturated rings. The van der Waals surface area contributed by atoms with E-state index >= 15 is 0 Å². The molecule has 0 aliphatic carbocycles. The Balaban J connectivity index is 1.44. The van der Waals surface area contributed by atoms with E-state index in [1.165, 1.54) is 0 Å². The summed E-state index contributed by atoms with van der Waals surface area (Å²) in [6, 6.07) is 9.15. The van der Waals surface area contributed by atoms with E-state index in [9.17, 15) is 9.59 Å². The number of rotatable bonds is 3. The van der Waals surface area contributed by atoms with Gasteiger partial charge in [0.05, 0.1) is 19.8 Å². The minimum atomic E-state index is -0.573. The number of benzene rings is 1. The zero-order valence-electron chi connectivity index (χ0n) is 14.8. The molecule has 0 N–H and O–H groups in total. The van der Waals surface area contributed by atoms with E-state index in [2.05, 4.69) is 0 Å². The maximum Gasteiger partial charge on any atom is 0.249 e. The lowest BCUT2D eigenvalue weighted by Gasteiger charge is -2.41. The second-order valence-corrected chi connectivity index (χ2v) is 6.97. The van der Waals surface area contributed by atoms with Gasteiger partial charge < -0.3 is 24.0 Å². The van der Waals surface area contributed by atoms with Crippen LogP contribution >= 0.6 is 0 Å². The molecule has 0 bridgehead atoms. The van der Waals surface area contributed by atoms with Crippen LogP contribution in [0.4, 0.5) is 0 Å². The molecule has 1 aromatic rings. The predicted octanol–water partition coefficient (Wildman–Crippen LogP) is 0.779. The largest absolute Gasteiger partial charge is 0.369 e. The van der Waals surface area contributed by atoms with Gasteiger partial charge in [0.2, 0.25) is 11.8 Å². The van der Waals surface area contributed by atoms with Crippen molar-refractivity contribution in [3.63, 3.8) is 0 Å². The average Bonchev–Trinajstić information content (AvgIpc) is 3.12. The highest BCUT2D eigenvalue weighted by molar-refractivity contribution is 5.89. The summed E-state index contributed by atoms with van der Waals surface area (Å²) < 4.78 is 16.8. The molecular formula is C19H24N2O5. The van der Waals surface area contributed by atoms with Gasteiger partial charge in [-0.3, -0.25) is 9.59 Å². The van der Waals surface area contributed by atoms with Crippen LogP contribution in [-0.2, 0) is 30.3 Å². The van der Waals surface area contributed by atoms with Crippen molar-refractivity contribution >= 4 is 11.8 Å². The van der Waals surface area contributed by atoms with Crippen LogP contribution in [-0.4, -0.2) is 73.0 Å². The number of likely N-dealkylation sites (tertiary alicyclic amines) is 1. The molecule has 3 aliphatic heterocycles. The zero-order chi connectivity index (χ0) is 18.0. The average molecular weight is 360 g/mol. The van der Waals surface area contributed by atoms with Gasteiger partial charge in [-0.15, -0.1) is 0 Å². The predicted molar refractivity (Wildman–Crippen MR) is 92.0 cm³/mol. The number of morpholine rings is 1. The summed E-state index contributed by atoms with van der Waals surface area (Å²) in [7, 11) is 0. The fourth-order valence-corrected chi connectivity index (χ4v) is 3.85. The Hall–Kier alpha value is -1.96. The Kier molecular flexibility index (Phi) is 4.93. The summed E-state index contributed by atoms with van der Waals surface area (Å²) >= 11 is 0. The normalized spacial score (nSPS) is 25.7. The summed E-state index contributed by atoms with van der Waals surface area (Å²) in [5.41, 5.74) is 1.01. The smallest absolute Gasteiger partial charge is 0.249 e. The lowest BCUT2D eigenvalue weighted by Crippen LogP contribution is -2.58. The Bertz CT molecular complexity index is 649. The van der Waals surface area contributed by atoms with E-state index in [1.807, 2.05) is 30.3 Å². The number of carbonyl (C=O) groups is 2. The zero-order valence-corrected chi connectivity index (χ0v) is 14.8. The molecule has 0 aromatic heterocycles. The first-order chi connectivity index (χ1) is 12.7. The van der Waals surface area contributed by atoms with Crippen LogP contribution in [0.1, 0.15) is 18.4 Å². The van der Waals surface area contributed by atoms with Crippen LogP contribution in [0.15, 0.2) is 30.3 Å². The number of amides is 2. The number of hydrogen-bond acceptors (Lipinski definition) is 5. The minimum absolute atomic E-state index is 0.0292. The third-order valence-corrected chi connectivity index (χ3v) is 5.33. The van der Waals surface area contributed by atoms with Crippen molar-refractivity contribution in [2.45, 2.75) is 31.2 Å². The van der Waals surface area contributed by atoms with Gasteiger partial charge in [0, 0.05) is 32.5 Å². The fourth-order valence-electron chi connectivity index (χ4n) is 3.85. The van der Waals surface area contributed by atoms with Gasteiger partial charge in [0.15, 0.2) is 5.79 Å². The fraction of sp³-hybridized carbons (Fsp3) is 0.579. The van der Waals surface area contributed by atoms with E-state index in [0.717, 1.165) is 5.56 Å². The van der Waals surface area contributed by atoms with Crippen molar-refractivity contribution in [1.82, 2.24) is 9.80 Å². The Morgan fingerprint density at radius 3 is 2.50 bits per heavy atom. The third kappa shape index (κ3) is 3.47. The molecule has 2 amide bonds. The molecule has 1 atom stereocenters. The highest BCUT2D eigenvalue weighted by atomic mass is 16.7. The number of piperidine rings is 1. The van der Waals surface area contributed by atoms with Crippen molar-refractivity contribution < 1.29 is 23.8 Å². The van der Waals surface area contributed by atoms with Gasteiger partial charge in [-0.25, -0.2) is 0 Å². The molecule has 140 valence electrons. The molecule has 26 heavy (non-hydrogen) atoms. The Morgan fingerprint density at radius 2 is 1.81 bits per heavy atom. The van der Waals surface area contributed by atoms with Crippen molar-refractivity contribution in [2.75, 3.05) is 39.5 Å². The van der Waals surface area contributed by atoms with Crippen molar-refractivity contribution in [3.05, 3.63) is 35.9 Å². The maximum atomic E-state index is 13.1.